The van der Waals surface area contributed by atoms with Gasteiger partial charge in [-0.2, -0.15) is 0 Å². The van der Waals surface area contributed by atoms with Gasteiger partial charge in [0.05, 0.1) is 11.6 Å². The fraction of sp³-hybridized carbons (Fsp3) is 0.533. The molecule has 19 heavy (non-hydrogen) atoms. The Kier molecular flexibility index (Phi) is 5.61. The van der Waals surface area contributed by atoms with Crippen molar-refractivity contribution in [2.45, 2.75) is 19.3 Å². The van der Waals surface area contributed by atoms with Crippen LogP contribution in [0.5, 0.6) is 5.75 Å². The van der Waals surface area contributed by atoms with E-state index in [0.29, 0.717) is 10.9 Å². The predicted octanol–water partition coefficient (Wildman–Crippen LogP) is 2.45. The fourth-order valence-corrected chi connectivity index (χ4v) is 2.67. The SMILES string of the molecule is NC(=S)C1CCN(CCCOc2ccccc2)CC1. The standard InChI is InChI=1S/C15H22N2OS/c16-15(19)13-7-10-17(11-8-13)9-4-12-18-14-5-2-1-3-6-14/h1-3,5-6,13H,4,7-12H2,(H2,16,19). The van der Waals surface area contributed by atoms with Gasteiger partial charge in [0.1, 0.15) is 5.75 Å². The molecule has 0 spiro atoms. The lowest BCUT2D eigenvalue weighted by Crippen LogP contribution is -2.38. The maximum absolute atomic E-state index is 5.69. The minimum atomic E-state index is 0.451. The van der Waals surface area contributed by atoms with Crippen molar-refractivity contribution in [2.24, 2.45) is 11.7 Å². The van der Waals surface area contributed by atoms with E-state index in [0.717, 1.165) is 51.3 Å². The van der Waals surface area contributed by atoms with Crippen LogP contribution in [-0.2, 0) is 0 Å². The quantitative estimate of drug-likeness (QED) is 0.641. The van der Waals surface area contributed by atoms with E-state index in [1.54, 1.807) is 0 Å². The van der Waals surface area contributed by atoms with Crippen LogP contribution in [0.25, 0.3) is 0 Å². The molecule has 3 nitrogen and oxygen atoms in total. The molecule has 0 aromatic heterocycles. The molecule has 2 rings (SSSR count). The molecular formula is C15H22N2OS. The summed E-state index contributed by atoms with van der Waals surface area (Å²) in [7, 11) is 0. The summed E-state index contributed by atoms with van der Waals surface area (Å²) >= 11 is 5.05. The Balaban J connectivity index is 1.58. The third-order valence-corrected chi connectivity index (χ3v) is 3.95. The Hall–Kier alpha value is -1.13. The van der Waals surface area contributed by atoms with Crippen LogP contribution in [0, 0.1) is 5.92 Å². The van der Waals surface area contributed by atoms with Crippen molar-refractivity contribution >= 4 is 17.2 Å². The molecule has 0 aliphatic carbocycles. The first-order chi connectivity index (χ1) is 9.25. The largest absolute Gasteiger partial charge is 0.494 e. The number of nitrogens with zero attached hydrogens (tertiary/aromatic N) is 1. The van der Waals surface area contributed by atoms with Gasteiger partial charge in [0, 0.05) is 12.5 Å². The van der Waals surface area contributed by atoms with Gasteiger partial charge in [-0.05, 0) is 44.5 Å². The van der Waals surface area contributed by atoms with Crippen LogP contribution < -0.4 is 10.5 Å². The van der Waals surface area contributed by atoms with E-state index >= 15 is 0 Å². The molecule has 0 radical (unpaired) electrons. The van der Waals surface area contributed by atoms with Gasteiger partial charge in [0.2, 0.25) is 0 Å². The molecule has 0 bridgehead atoms. The molecular weight excluding hydrogens is 256 g/mol. The summed E-state index contributed by atoms with van der Waals surface area (Å²) in [6.07, 6.45) is 3.27. The van der Waals surface area contributed by atoms with Gasteiger partial charge in [0.25, 0.3) is 0 Å². The average Bonchev–Trinajstić information content (AvgIpc) is 2.45. The van der Waals surface area contributed by atoms with Gasteiger partial charge in [-0.15, -0.1) is 0 Å². The first-order valence-electron chi connectivity index (χ1n) is 6.95. The van der Waals surface area contributed by atoms with Crippen LogP contribution in [-0.4, -0.2) is 36.1 Å². The molecule has 1 aliphatic heterocycles. The maximum atomic E-state index is 5.69. The van der Waals surface area contributed by atoms with E-state index in [1.165, 1.54) is 0 Å². The van der Waals surface area contributed by atoms with Crippen molar-refractivity contribution in [1.29, 1.82) is 0 Å². The number of likely N-dealkylation sites (tertiary alicyclic amines) is 1. The van der Waals surface area contributed by atoms with Crippen molar-refractivity contribution in [3.63, 3.8) is 0 Å². The molecule has 1 fully saturated rings. The molecule has 4 heteroatoms. The van der Waals surface area contributed by atoms with Crippen molar-refractivity contribution in [1.82, 2.24) is 4.90 Å². The summed E-state index contributed by atoms with van der Waals surface area (Å²) in [4.78, 5) is 3.16. The van der Waals surface area contributed by atoms with Crippen LogP contribution in [0.1, 0.15) is 19.3 Å². The summed E-state index contributed by atoms with van der Waals surface area (Å²) in [5.74, 6) is 1.40. The van der Waals surface area contributed by atoms with Crippen LogP contribution in [0.15, 0.2) is 30.3 Å². The first kappa shape index (κ1) is 14.3. The van der Waals surface area contributed by atoms with Crippen molar-refractivity contribution in [2.75, 3.05) is 26.2 Å². The van der Waals surface area contributed by atoms with E-state index in [4.69, 9.17) is 22.7 Å². The number of para-hydroxylation sites is 1. The highest BCUT2D eigenvalue weighted by molar-refractivity contribution is 7.80. The van der Waals surface area contributed by atoms with Gasteiger partial charge in [0.15, 0.2) is 0 Å². The fourth-order valence-electron chi connectivity index (χ4n) is 2.44. The van der Waals surface area contributed by atoms with Gasteiger partial charge < -0.3 is 15.4 Å². The summed E-state index contributed by atoms with van der Waals surface area (Å²) in [5.41, 5.74) is 5.69. The van der Waals surface area contributed by atoms with E-state index in [9.17, 15) is 0 Å². The molecule has 0 amide bonds. The number of benzene rings is 1. The molecule has 1 aromatic rings. The number of thiocarbonyl (C=S) groups is 1. The second kappa shape index (κ2) is 7.46. The Labute approximate surface area is 120 Å². The topological polar surface area (TPSA) is 38.5 Å². The Morgan fingerprint density at radius 2 is 1.95 bits per heavy atom. The van der Waals surface area contributed by atoms with Crippen LogP contribution in [0.3, 0.4) is 0 Å². The second-order valence-corrected chi connectivity index (χ2v) is 5.50. The zero-order valence-corrected chi connectivity index (χ0v) is 12.1. The van der Waals surface area contributed by atoms with Gasteiger partial charge >= 0.3 is 0 Å². The number of hydrogen-bond acceptors (Lipinski definition) is 3. The smallest absolute Gasteiger partial charge is 0.119 e. The van der Waals surface area contributed by atoms with Crippen molar-refractivity contribution < 1.29 is 4.74 Å². The zero-order valence-electron chi connectivity index (χ0n) is 11.3. The molecule has 0 saturated carbocycles. The maximum Gasteiger partial charge on any atom is 0.119 e. The van der Waals surface area contributed by atoms with Crippen LogP contribution in [0.4, 0.5) is 0 Å². The molecule has 1 aliphatic rings. The van der Waals surface area contributed by atoms with E-state index in [-0.39, 0.29) is 0 Å². The molecule has 104 valence electrons. The average molecular weight is 278 g/mol. The molecule has 0 unspecified atom stereocenters. The minimum absolute atomic E-state index is 0.451. The summed E-state index contributed by atoms with van der Waals surface area (Å²) in [6, 6.07) is 9.98. The third kappa shape index (κ3) is 4.80. The van der Waals surface area contributed by atoms with E-state index < -0.39 is 0 Å². The minimum Gasteiger partial charge on any atom is -0.494 e. The number of ether oxygens (including phenoxy) is 1. The molecule has 1 saturated heterocycles. The summed E-state index contributed by atoms with van der Waals surface area (Å²) in [5, 5.41) is 0. The number of piperidine rings is 1. The first-order valence-corrected chi connectivity index (χ1v) is 7.36. The highest BCUT2D eigenvalue weighted by Crippen LogP contribution is 2.17. The Morgan fingerprint density at radius 3 is 2.58 bits per heavy atom. The number of hydrogen-bond donors (Lipinski definition) is 1. The molecule has 1 aromatic carbocycles. The Morgan fingerprint density at radius 1 is 1.26 bits per heavy atom. The zero-order chi connectivity index (χ0) is 13.5. The summed E-state index contributed by atoms with van der Waals surface area (Å²) in [6.45, 7) is 4.08. The highest BCUT2D eigenvalue weighted by atomic mass is 32.1. The van der Waals surface area contributed by atoms with Gasteiger partial charge in [-0.3, -0.25) is 0 Å². The lowest BCUT2D eigenvalue weighted by Gasteiger charge is -2.31. The third-order valence-electron chi connectivity index (χ3n) is 3.62. The van der Waals surface area contributed by atoms with Crippen molar-refractivity contribution in [3.05, 3.63) is 30.3 Å². The lowest BCUT2D eigenvalue weighted by atomic mass is 9.97. The lowest BCUT2D eigenvalue weighted by molar-refractivity contribution is 0.191. The monoisotopic (exact) mass is 278 g/mol. The molecule has 0 atom stereocenters. The van der Waals surface area contributed by atoms with E-state index in [1.807, 2.05) is 30.3 Å². The summed E-state index contributed by atoms with van der Waals surface area (Å²) < 4.78 is 5.69. The molecule has 2 N–H and O–H groups in total. The second-order valence-electron chi connectivity index (χ2n) is 5.03. The molecule has 1 heterocycles. The predicted molar refractivity (Wildman–Crippen MR) is 82.5 cm³/mol. The van der Waals surface area contributed by atoms with Crippen molar-refractivity contribution in [3.8, 4) is 5.75 Å². The normalized spacial score (nSPS) is 17.3. The van der Waals surface area contributed by atoms with Crippen LogP contribution >= 0.6 is 12.2 Å². The van der Waals surface area contributed by atoms with Crippen LogP contribution in [0.2, 0.25) is 0 Å². The van der Waals surface area contributed by atoms with E-state index in [2.05, 4.69) is 4.90 Å². The number of rotatable bonds is 6. The Bertz CT molecular complexity index is 388. The number of nitrogens with two attached hydrogens (primary N) is 1. The highest BCUT2D eigenvalue weighted by Gasteiger charge is 2.20. The van der Waals surface area contributed by atoms with Gasteiger partial charge in [-0.1, -0.05) is 30.4 Å². The van der Waals surface area contributed by atoms with Gasteiger partial charge in [-0.25, -0.2) is 0 Å².